The monoisotopic (exact) mass is 305 g/mol. The van der Waals surface area contributed by atoms with Crippen molar-refractivity contribution in [1.82, 2.24) is 4.90 Å². The number of carbonyl (C=O) groups excluding carboxylic acids is 2. The Morgan fingerprint density at radius 2 is 1.73 bits per heavy atom. The minimum absolute atomic E-state index is 0.0708. The Bertz CT molecular complexity index is 480. The first-order chi connectivity index (χ1) is 10.4. The number of carbonyl (C=O) groups is 2. The van der Waals surface area contributed by atoms with E-state index in [1.54, 1.807) is 11.9 Å². The molecule has 1 aromatic rings. The highest BCUT2D eigenvalue weighted by Crippen LogP contribution is 2.11. The molecule has 0 aliphatic heterocycles. The standard InChI is InChI=1S/C18H27NO3/c1-14(2)12-15-7-9-16(10-8-15)13-17(20)19(3)11-5-6-18(21)22-4/h7-10,14H,5-6,11-13H2,1-4H3. The van der Waals surface area contributed by atoms with Crippen molar-refractivity contribution in [1.29, 1.82) is 0 Å². The van der Waals surface area contributed by atoms with Crippen molar-refractivity contribution in [3.63, 3.8) is 0 Å². The quantitative estimate of drug-likeness (QED) is 0.694. The van der Waals surface area contributed by atoms with Crippen molar-refractivity contribution in [3.05, 3.63) is 35.4 Å². The van der Waals surface area contributed by atoms with Gasteiger partial charge in [0.25, 0.3) is 0 Å². The van der Waals surface area contributed by atoms with E-state index in [4.69, 9.17) is 0 Å². The molecule has 0 aromatic heterocycles. The Morgan fingerprint density at radius 3 is 2.27 bits per heavy atom. The average molecular weight is 305 g/mol. The summed E-state index contributed by atoms with van der Waals surface area (Å²) in [7, 11) is 3.15. The van der Waals surface area contributed by atoms with Crippen LogP contribution in [0.5, 0.6) is 0 Å². The van der Waals surface area contributed by atoms with Gasteiger partial charge in [0, 0.05) is 20.0 Å². The Labute approximate surface area is 133 Å². The highest BCUT2D eigenvalue weighted by Gasteiger charge is 2.10. The zero-order valence-electron chi connectivity index (χ0n) is 14.1. The summed E-state index contributed by atoms with van der Waals surface area (Å²) in [5.41, 5.74) is 2.33. The molecule has 0 saturated carbocycles. The maximum absolute atomic E-state index is 12.1. The van der Waals surface area contributed by atoms with Gasteiger partial charge in [-0.1, -0.05) is 38.1 Å². The van der Waals surface area contributed by atoms with Gasteiger partial charge in [-0.15, -0.1) is 0 Å². The number of nitrogens with zero attached hydrogens (tertiary/aromatic N) is 1. The molecule has 1 rings (SSSR count). The van der Waals surface area contributed by atoms with Gasteiger partial charge in [-0.3, -0.25) is 9.59 Å². The molecule has 0 atom stereocenters. The molecule has 122 valence electrons. The fraction of sp³-hybridized carbons (Fsp3) is 0.556. The van der Waals surface area contributed by atoms with Crippen molar-refractivity contribution in [2.24, 2.45) is 5.92 Å². The third kappa shape index (κ3) is 6.74. The lowest BCUT2D eigenvalue weighted by Crippen LogP contribution is -2.29. The first-order valence-corrected chi connectivity index (χ1v) is 7.81. The third-order valence-corrected chi connectivity index (χ3v) is 3.55. The molecule has 0 saturated heterocycles. The van der Waals surface area contributed by atoms with Gasteiger partial charge in [0.05, 0.1) is 13.5 Å². The zero-order chi connectivity index (χ0) is 16.5. The molecular formula is C18H27NO3. The van der Waals surface area contributed by atoms with E-state index in [2.05, 4.69) is 30.7 Å². The largest absolute Gasteiger partial charge is 0.469 e. The number of amides is 1. The van der Waals surface area contributed by atoms with Crippen LogP contribution in [0.4, 0.5) is 0 Å². The third-order valence-electron chi connectivity index (χ3n) is 3.55. The van der Waals surface area contributed by atoms with Crippen molar-refractivity contribution in [2.75, 3.05) is 20.7 Å². The minimum Gasteiger partial charge on any atom is -0.469 e. The lowest BCUT2D eigenvalue weighted by atomic mass is 10.0. The first-order valence-electron chi connectivity index (χ1n) is 7.81. The topological polar surface area (TPSA) is 46.6 Å². The van der Waals surface area contributed by atoms with Crippen LogP contribution in [0.2, 0.25) is 0 Å². The molecule has 0 spiro atoms. The molecule has 0 heterocycles. The zero-order valence-corrected chi connectivity index (χ0v) is 14.1. The molecule has 22 heavy (non-hydrogen) atoms. The number of benzene rings is 1. The van der Waals surface area contributed by atoms with Crippen molar-refractivity contribution < 1.29 is 14.3 Å². The van der Waals surface area contributed by atoms with Crippen LogP contribution in [-0.4, -0.2) is 37.5 Å². The van der Waals surface area contributed by atoms with E-state index in [1.807, 2.05) is 12.1 Å². The highest BCUT2D eigenvalue weighted by atomic mass is 16.5. The fourth-order valence-corrected chi connectivity index (χ4v) is 2.26. The van der Waals surface area contributed by atoms with E-state index in [-0.39, 0.29) is 11.9 Å². The molecule has 0 aliphatic rings. The molecule has 1 amide bonds. The van der Waals surface area contributed by atoms with Gasteiger partial charge in [0.15, 0.2) is 0 Å². The second-order valence-electron chi connectivity index (χ2n) is 6.09. The summed E-state index contributed by atoms with van der Waals surface area (Å²) >= 11 is 0. The van der Waals surface area contributed by atoms with Gasteiger partial charge in [0.1, 0.15) is 0 Å². The molecule has 4 nitrogen and oxygen atoms in total. The van der Waals surface area contributed by atoms with Crippen LogP contribution in [0.15, 0.2) is 24.3 Å². The molecule has 0 bridgehead atoms. The molecule has 0 N–H and O–H groups in total. The summed E-state index contributed by atoms with van der Waals surface area (Å²) in [6.45, 7) is 4.96. The van der Waals surface area contributed by atoms with Gasteiger partial charge in [-0.2, -0.15) is 0 Å². The number of esters is 1. The number of methoxy groups -OCH3 is 1. The van der Waals surface area contributed by atoms with Crippen molar-refractivity contribution in [2.45, 2.75) is 39.5 Å². The Morgan fingerprint density at radius 1 is 1.14 bits per heavy atom. The molecule has 0 fully saturated rings. The highest BCUT2D eigenvalue weighted by molar-refractivity contribution is 5.78. The van der Waals surface area contributed by atoms with Crippen LogP contribution in [0.1, 0.15) is 37.8 Å². The first kappa shape index (κ1) is 18.2. The lowest BCUT2D eigenvalue weighted by Gasteiger charge is -2.17. The van der Waals surface area contributed by atoms with Gasteiger partial charge < -0.3 is 9.64 Å². The number of hydrogen-bond acceptors (Lipinski definition) is 3. The van der Waals surface area contributed by atoms with E-state index in [0.29, 0.717) is 31.7 Å². The summed E-state index contributed by atoms with van der Waals surface area (Å²) in [4.78, 5) is 24.8. The lowest BCUT2D eigenvalue weighted by molar-refractivity contribution is -0.141. The normalized spacial score (nSPS) is 10.6. The van der Waals surface area contributed by atoms with Crippen LogP contribution in [-0.2, 0) is 27.2 Å². The van der Waals surface area contributed by atoms with Crippen LogP contribution >= 0.6 is 0 Å². The number of ether oxygens (including phenoxy) is 1. The van der Waals surface area contributed by atoms with E-state index >= 15 is 0 Å². The summed E-state index contributed by atoms with van der Waals surface area (Å²) < 4.78 is 4.58. The summed E-state index contributed by atoms with van der Waals surface area (Å²) in [6.07, 6.45) is 2.43. The molecule has 4 heteroatoms. The number of likely N-dealkylation sites (N-methyl/N-ethyl adjacent to an activating group) is 1. The van der Waals surface area contributed by atoms with Gasteiger partial charge in [-0.05, 0) is 29.9 Å². The van der Waals surface area contributed by atoms with E-state index in [9.17, 15) is 9.59 Å². The SMILES string of the molecule is COC(=O)CCCN(C)C(=O)Cc1ccc(CC(C)C)cc1. The smallest absolute Gasteiger partial charge is 0.305 e. The van der Waals surface area contributed by atoms with E-state index in [1.165, 1.54) is 12.7 Å². The number of rotatable bonds is 8. The van der Waals surface area contributed by atoms with Crippen LogP contribution in [0.3, 0.4) is 0 Å². The predicted octanol–water partition coefficient (Wildman–Crippen LogP) is 2.84. The summed E-state index contributed by atoms with van der Waals surface area (Å²) in [5.74, 6) is 0.469. The second kappa shape index (κ2) is 9.23. The molecule has 0 radical (unpaired) electrons. The second-order valence-corrected chi connectivity index (χ2v) is 6.09. The fourth-order valence-electron chi connectivity index (χ4n) is 2.26. The molecule has 0 aliphatic carbocycles. The number of hydrogen-bond donors (Lipinski definition) is 0. The summed E-state index contributed by atoms with van der Waals surface area (Å²) in [6, 6.07) is 8.25. The average Bonchev–Trinajstić information content (AvgIpc) is 2.48. The Hall–Kier alpha value is -1.84. The van der Waals surface area contributed by atoms with Gasteiger partial charge in [-0.25, -0.2) is 0 Å². The van der Waals surface area contributed by atoms with Gasteiger partial charge in [0.2, 0.25) is 5.91 Å². The Kier molecular flexibility index (Phi) is 7.64. The van der Waals surface area contributed by atoms with Crippen molar-refractivity contribution >= 4 is 11.9 Å². The van der Waals surface area contributed by atoms with E-state index < -0.39 is 0 Å². The maximum Gasteiger partial charge on any atom is 0.305 e. The van der Waals surface area contributed by atoms with Crippen LogP contribution < -0.4 is 0 Å². The Balaban J connectivity index is 2.41. The maximum atomic E-state index is 12.1. The van der Waals surface area contributed by atoms with E-state index in [0.717, 1.165) is 12.0 Å². The van der Waals surface area contributed by atoms with Crippen LogP contribution in [0.25, 0.3) is 0 Å². The molecule has 0 unspecified atom stereocenters. The molecular weight excluding hydrogens is 278 g/mol. The molecule has 1 aromatic carbocycles. The predicted molar refractivity (Wildman–Crippen MR) is 87.6 cm³/mol. The van der Waals surface area contributed by atoms with Gasteiger partial charge >= 0.3 is 5.97 Å². The van der Waals surface area contributed by atoms with Crippen molar-refractivity contribution in [3.8, 4) is 0 Å². The minimum atomic E-state index is -0.235. The summed E-state index contributed by atoms with van der Waals surface area (Å²) in [5, 5.41) is 0. The van der Waals surface area contributed by atoms with Crippen LogP contribution in [0, 0.1) is 5.92 Å².